The van der Waals surface area contributed by atoms with Crippen molar-refractivity contribution in [2.24, 2.45) is 0 Å². The molecule has 2 unspecified atom stereocenters. The van der Waals surface area contributed by atoms with Crippen LogP contribution in [0.3, 0.4) is 0 Å². The minimum absolute atomic E-state index is 0.0500. The second-order valence-corrected chi connectivity index (χ2v) is 12.1. The summed E-state index contributed by atoms with van der Waals surface area (Å²) in [7, 11) is -8.51. The highest BCUT2D eigenvalue weighted by Gasteiger charge is 2.46. The van der Waals surface area contributed by atoms with Gasteiger partial charge in [0.15, 0.2) is 15.9 Å². The van der Waals surface area contributed by atoms with Crippen LogP contribution in [0.4, 0.5) is 5.69 Å². The topological polar surface area (TPSA) is 225 Å². The van der Waals surface area contributed by atoms with Crippen LogP contribution in [0, 0.1) is 5.41 Å². The fourth-order valence-corrected chi connectivity index (χ4v) is 6.44. The molecular weight excluding hydrogens is 566 g/mol. The van der Waals surface area contributed by atoms with Gasteiger partial charge in [-0.2, -0.15) is 16.8 Å². The number of hydrogen-bond acceptors (Lipinski definition) is 9. The van der Waals surface area contributed by atoms with Crippen LogP contribution in [0.5, 0.6) is 5.75 Å². The van der Waals surface area contributed by atoms with Gasteiger partial charge in [0.05, 0.1) is 11.4 Å². The van der Waals surface area contributed by atoms with Gasteiger partial charge in [0.1, 0.15) is 6.10 Å². The Balaban J connectivity index is 2.01. The molecule has 212 valence electrons. The van der Waals surface area contributed by atoms with Gasteiger partial charge in [-0.3, -0.25) is 18.7 Å². The maximum Gasteiger partial charge on any atom is 0.303 e. The van der Waals surface area contributed by atoms with Gasteiger partial charge in [-0.1, -0.05) is 24.3 Å². The predicted molar refractivity (Wildman–Crippen MR) is 144 cm³/mol. The van der Waals surface area contributed by atoms with Crippen LogP contribution in [0.1, 0.15) is 34.3 Å². The molecule has 1 aliphatic carbocycles. The van der Waals surface area contributed by atoms with Crippen LogP contribution in [0.2, 0.25) is 0 Å². The van der Waals surface area contributed by atoms with Crippen molar-refractivity contribution in [3.8, 4) is 5.75 Å². The van der Waals surface area contributed by atoms with Crippen molar-refractivity contribution in [3.63, 3.8) is 0 Å². The number of nitrogen functional groups attached to an aromatic ring is 1. The van der Waals surface area contributed by atoms with Crippen molar-refractivity contribution in [2.75, 3.05) is 19.3 Å². The lowest BCUT2D eigenvalue weighted by atomic mass is 9.82. The van der Waals surface area contributed by atoms with Gasteiger partial charge in [0.25, 0.3) is 26.1 Å². The second-order valence-electron chi connectivity index (χ2n) is 9.20. The van der Waals surface area contributed by atoms with Gasteiger partial charge in [0, 0.05) is 42.3 Å². The smallest absolute Gasteiger partial charge is 0.303 e. The Morgan fingerprint density at radius 3 is 2.35 bits per heavy atom. The highest BCUT2D eigenvalue weighted by atomic mass is 32.2. The van der Waals surface area contributed by atoms with Crippen LogP contribution < -0.4 is 10.5 Å². The van der Waals surface area contributed by atoms with Crippen LogP contribution >= 0.6 is 0 Å². The molecule has 4 rings (SSSR count). The summed E-state index contributed by atoms with van der Waals surface area (Å²) in [5.74, 6) is -2.04. The molecule has 6 N–H and O–H groups in total. The second kappa shape index (κ2) is 10.5. The molecule has 0 aromatic heterocycles. The third-order valence-corrected chi connectivity index (χ3v) is 8.59. The zero-order chi connectivity index (χ0) is 29.6. The van der Waals surface area contributed by atoms with Gasteiger partial charge >= 0.3 is 5.97 Å². The Labute approximate surface area is 229 Å². The first-order valence-electron chi connectivity index (χ1n) is 11.7. The van der Waals surface area contributed by atoms with E-state index in [1.165, 1.54) is 42.3 Å². The quantitative estimate of drug-likeness (QED) is 0.220. The highest BCUT2D eigenvalue weighted by molar-refractivity contribution is 7.87. The van der Waals surface area contributed by atoms with Crippen molar-refractivity contribution in [1.82, 2.24) is 4.90 Å². The van der Waals surface area contributed by atoms with E-state index in [4.69, 9.17) is 21.0 Å². The Morgan fingerprint density at radius 2 is 1.73 bits per heavy atom. The highest BCUT2D eigenvalue weighted by Crippen LogP contribution is 2.48. The number of hydrogen-bond donors (Lipinski definition) is 5. The Kier molecular flexibility index (Phi) is 7.60. The standard InChI is InChI=1S/C25H25N3O10S2/c1-28(12-4-7-19(29)30)25(31)14-6-3-2-5-13(14)20-15-8-10-17(26)23(39(32,33)34)21(15)38-22-16(20)9-11-18(27)24(22)40(35,36)37/h2-3,5-6,8-11,21,23,26H,4,7,12,27H2,1H3,(H,29,30)(H,32,33,34)(H,35,36,37). The molecule has 2 aromatic carbocycles. The van der Waals surface area contributed by atoms with Crippen LogP contribution in [-0.2, 0) is 25.0 Å². The Morgan fingerprint density at radius 1 is 1.05 bits per heavy atom. The number of carboxylic acids is 1. The minimum atomic E-state index is -5.02. The van der Waals surface area contributed by atoms with Crippen molar-refractivity contribution in [2.45, 2.75) is 29.1 Å². The molecule has 2 atom stereocenters. The van der Waals surface area contributed by atoms with E-state index in [2.05, 4.69) is 0 Å². The summed E-state index contributed by atoms with van der Waals surface area (Å²) in [6.07, 6.45) is 0.892. The third kappa shape index (κ3) is 5.36. The van der Waals surface area contributed by atoms with E-state index in [0.29, 0.717) is 0 Å². The summed E-state index contributed by atoms with van der Waals surface area (Å²) >= 11 is 0. The van der Waals surface area contributed by atoms with Gasteiger partial charge < -0.3 is 25.9 Å². The third-order valence-electron chi connectivity index (χ3n) is 6.51. The average molecular weight is 592 g/mol. The van der Waals surface area contributed by atoms with Crippen molar-refractivity contribution in [1.29, 1.82) is 5.41 Å². The van der Waals surface area contributed by atoms with E-state index >= 15 is 0 Å². The van der Waals surface area contributed by atoms with E-state index in [1.54, 1.807) is 12.1 Å². The first-order valence-corrected chi connectivity index (χ1v) is 14.7. The van der Waals surface area contributed by atoms with E-state index < -0.39 is 65.5 Å². The number of carbonyl (C=O) groups is 2. The molecule has 0 fully saturated rings. The van der Waals surface area contributed by atoms with Crippen LogP contribution in [0.25, 0.3) is 5.57 Å². The van der Waals surface area contributed by atoms with Crippen LogP contribution in [0.15, 0.2) is 59.0 Å². The molecular formula is C25H25N3O10S2. The Hall–Kier alpha value is -4.05. The monoisotopic (exact) mass is 591 g/mol. The van der Waals surface area contributed by atoms with E-state index in [9.17, 15) is 35.5 Å². The largest absolute Gasteiger partial charge is 0.482 e. The van der Waals surface area contributed by atoms with Gasteiger partial charge in [-0.15, -0.1) is 0 Å². The van der Waals surface area contributed by atoms with Crippen molar-refractivity contribution >= 4 is 49.1 Å². The molecule has 0 bridgehead atoms. The molecule has 2 aromatic rings. The summed E-state index contributed by atoms with van der Waals surface area (Å²) in [6, 6.07) is 8.76. The van der Waals surface area contributed by atoms with E-state index in [1.807, 2.05) is 0 Å². The number of carbonyl (C=O) groups excluding carboxylic acids is 1. The van der Waals surface area contributed by atoms with Crippen molar-refractivity contribution < 1.29 is 45.4 Å². The summed E-state index contributed by atoms with van der Waals surface area (Å²) in [5.41, 5.74) is 5.55. The lowest BCUT2D eigenvalue weighted by Crippen LogP contribution is -2.47. The van der Waals surface area contributed by atoms with Crippen molar-refractivity contribution in [3.05, 3.63) is 70.8 Å². The molecule has 2 aliphatic rings. The molecule has 1 amide bonds. The minimum Gasteiger partial charge on any atom is -0.482 e. The number of nitrogens with zero attached hydrogens (tertiary/aromatic N) is 1. The normalized spacial score (nSPS) is 18.5. The zero-order valence-electron chi connectivity index (χ0n) is 20.9. The molecule has 13 nitrogen and oxygen atoms in total. The molecule has 0 saturated carbocycles. The number of anilines is 1. The van der Waals surface area contributed by atoms with Gasteiger partial charge in [-0.25, -0.2) is 0 Å². The lowest BCUT2D eigenvalue weighted by Gasteiger charge is -2.37. The predicted octanol–water partition coefficient (Wildman–Crippen LogP) is 1.86. The summed E-state index contributed by atoms with van der Waals surface area (Å²) in [4.78, 5) is 24.9. The number of fused-ring (bicyclic) bond motifs is 2. The molecule has 15 heteroatoms. The number of aliphatic carboxylic acids is 1. The van der Waals surface area contributed by atoms with E-state index in [-0.39, 0.29) is 47.2 Å². The summed E-state index contributed by atoms with van der Waals surface area (Å²) in [5, 5.41) is 15.1. The first-order chi connectivity index (χ1) is 18.6. The van der Waals surface area contributed by atoms with E-state index in [0.717, 1.165) is 6.08 Å². The number of rotatable bonds is 8. The average Bonchev–Trinajstić information content (AvgIpc) is 2.84. The molecule has 1 heterocycles. The number of ether oxygens (including phenoxy) is 1. The summed E-state index contributed by atoms with van der Waals surface area (Å²) < 4.78 is 75.1. The molecule has 1 aliphatic heterocycles. The number of nitrogens with one attached hydrogen (secondary N) is 1. The number of allylic oxidation sites excluding steroid dienone is 1. The number of amides is 1. The lowest BCUT2D eigenvalue weighted by molar-refractivity contribution is -0.137. The maximum atomic E-state index is 13.5. The molecule has 40 heavy (non-hydrogen) atoms. The van der Waals surface area contributed by atoms with Gasteiger partial charge in [-0.05, 0) is 36.3 Å². The number of carboxylic acid groups (broad SMARTS) is 1. The van der Waals surface area contributed by atoms with Crippen LogP contribution in [-0.4, -0.2) is 78.5 Å². The van der Waals surface area contributed by atoms with Gasteiger partial charge in [0.2, 0.25) is 0 Å². The fraction of sp³-hybridized carbons (Fsp3) is 0.240. The maximum absolute atomic E-state index is 13.5. The number of benzene rings is 2. The first kappa shape index (κ1) is 28.9. The zero-order valence-corrected chi connectivity index (χ0v) is 22.6. The summed E-state index contributed by atoms with van der Waals surface area (Å²) in [6.45, 7) is 0.110. The Bertz CT molecular complexity index is 1710. The molecule has 0 spiro atoms. The molecule has 0 saturated heterocycles. The number of nitrogens with two attached hydrogens (primary N) is 1. The SMILES string of the molecule is CN(CCCC(=O)O)C(=O)c1ccccc1C1=C2C=CC(=N)C(S(=O)(=O)O)C2Oc2c1ccc(N)c2S(=O)(=O)O. The fourth-order valence-electron chi connectivity index (χ4n) is 4.77. The molecule has 0 radical (unpaired) electrons.